The molecule has 0 saturated carbocycles. The average Bonchev–Trinajstić information content (AvgIpc) is 2.92. The molecule has 0 bridgehead atoms. The number of carboxylic acid groups (broad SMARTS) is 1. The van der Waals surface area contributed by atoms with Crippen molar-refractivity contribution < 1.29 is 37.8 Å². The van der Waals surface area contributed by atoms with Gasteiger partial charge in [0.25, 0.3) is 5.69 Å². The quantitative estimate of drug-likeness (QED) is 0.248. The summed E-state index contributed by atoms with van der Waals surface area (Å²) in [7, 11) is 0. The van der Waals surface area contributed by atoms with E-state index in [0.717, 1.165) is 37.1 Å². The Morgan fingerprint density at radius 1 is 1.27 bits per heavy atom. The number of halogens is 3. The number of anilines is 1. The number of pyridine rings is 1. The number of hydrogen-bond acceptors (Lipinski definition) is 9. The maximum Gasteiger partial charge on any atom is 0.490 e. The van der Waals surface area contributed by atoms with Gasteiger partial charge in [0.2, 0.25) is 0 Å². The standard InChI is InChI=1S/C24H23N5O4.C2HF3O2/c25-12-19-18(16-3-2-10-27-13-16)11-20(28-24(19)26)23-21(30)4-1-5-22(23)33-14-15-6-8-17(9-7-15)29(31)32;3-2(4,5)1(6)7/h1,4-9,11,16,27,30H,2-3,10,13-14H2,(H2,26,28);(H,6,7). The summed E-state index contributed by atoms with van der Waals surface area (Å²) in [5.41, 5.74) is 8.84. The molecule has 0 spiro atoms. The highest BCUT2D eigenvalue weighted by molar-refractivity contribution is 5.76. The van der Waals surface area contributed by atoms with Crippen molar-refractivity contribution in [3.63, 3.8) is 0 Å². The number of aromatic hydroxyl groups is 1. The molecule has 2 aromatic carbocycles. The van der Waals surface area contributed by atoms with Gasteiger partial charge in [-0.05, 0) is 66.8 Å². The van der Waals surface area contributed by atoms with Crippen LogP contribution in [-0.2, 0) is 11.4 Å². The predicted molar refractivity (Wildman–Crippen MR) is 136 cm³/mol. The van der Waals surface area contributed by atoms with Gasteiger partial charge in [0.05, 0.1) is 21.7 Å². The number of hydrogen-bond donors (Lipinski definition) is 4. The maximum atomic E-state index is 10.9. The summed E-state index contributed by atoms with van der Waals surface area (Å²) in [6.07, 6.45) is -3.16. The van der Waals surface area contributed by atoms with E-state index in [4.69, 9.17) is 20.4 Å². The molecule has 40 heavy (non-hydrogen) atoms. The molecule has 0 radical (unpaired) electrons. The van der Waals surface area contributed by atoms with Gasteiger partial charge in [-0.15, -0.1) is 0 Å². The number of nitrogens with two attached hydrogens (primary N) is 1. The third-order valence-corrected chi connectivity index (χ3v) is 5.97. The number of nitrogens with zero attached hydrogens (tertiary/aromatic N) is 3. The second kappa shape index (κ2) is 12.8. The number of phenols is 1. The first-order valence-electron chi connectivity index (χ1n) is 11.8. The first-order chi connectivity index (χ1) is 18.9. The number of carbonyl (C=O) groups is 1. The molecular formula is C26H24F3N5O6. The van der Waals surface area contributed by atoms with Crippen LogP contribution in [0, 0.1) is 21.4 Å². The van der Waals surface area contributed by atoms with Crippen molar-refractivity contribution in [1.82, 2.24) is 10.3 Å². The van der Waals surface area contributed by atoms with Gasteiger partial charge in [0.1, 0.15) is 30.0 Å². The lowest BCUT2D eigenvalue weighted by Crippen LogP contribution is -2.29. The van der Waals surface area contributed by atoms with Gasteiger partial charge in [-0.3, -0.25) is 10.1 Å². The molecule has 2 heterocycles. The van der Waals surface area contributed by atoms with Crippen molar-refractivity contribution in [3.8, 4) is 28.8 Å². The van der Waals surface area contributed by atoms with Crippen LogP contribution in [0.4, 0.5) is 24.7 Å². The fourth-order valence-corrected chi connectivity index (χ4v) is 4.05. The lowest BCUT2D eigenvalue weighted by Gasteiger charge is -2.25. The number of benzene rings is 2. The van der Waals surface area contributed by atoms with Crippen LogP contribution < -0.4 is 15.8 Å². The molecule has 1 aliphatic heterocycles. The Morgan fingerprint density at radius 2 is 1.95 bits per heavy atom. The number of carboxylic acids is 1. The van der Waals surface area contributed by atoms with Crippen LogP contribution in [0.15, 0.2) is 48.5 Å². The van der Waals surface area contributed by atoms with E-state index in [9.17, 15) is 33.7 Å². The van der Waals surface area contributed by atoms with Crippen LogP contribution in [0.25, 0.3) is 11.3 Å². The molecule has 0 amide bonds. The first-order valence-corrected chi connectivity index (χ1v) is 11.8. The number of nitrogen functional groups attached to an aromatic ring is 1. The number of piperidine rings is 1. The molecule has 1 saturated heterocycles. The van der Waals surface area contributed by atoms with Gasteiger partial charge in [-0.25, -0.2) is 9.78 Å². The number of aromatic nitrogens is 1. The van der Waals surface area contributed by atoms with Gasteiger partial charge in [-0.2, -0.15) is 18.4 Å². The molecule has 1 atom stereocenters. The van der Waals surface area contributed by atoms with Crippen molar-refractivity contribution in [2.45, 2.75) is 31.5 Å². The van der Waals surface area contributed by atoms with Crippen LogP contribution in [0.5, 0.6) is 11.5 Å². The average molecular weight is 560 g/mol. The molecule has 11 nitrogen and oxygen atoms in total. The van der Waals surface area contributed by atoms with E-state index in [1.165, 1.54) is 18.2 Å². The maximum absolute atomic E-state index is 10.9. The van der Waals surface area contributed by atoms with Gasteiger partial charge in [0.15, 0.2) is 0 Å². The topological polar surface area (TPSA) is 185 Å². The Hall–Kier alpha value is -4.90. The smallest absolute Gasteiger partial charge is 0.490 e. The van der Waals surface area contributed by atoms with Gasteiger partial charge < -0.3 is 26.0 Å². The third-order valence-electron chi connectivity index (χ3n) is 5.97. The zero-order valence-electron chi connectivity index (χ0n) is 20.8. The minimum atomic E-state index is -5.08. The van der Waals surface area contributed by atoms with Crippen molar-refractivity contribution in [3.05, 3.63) is 75.3 Å². The van der Waals surface area contributed by atoms with E-state index in [-0.39, 0.29) is 29.8 Å². The second-order valence-electron chi connectivity index (χ2n) is 8.68. The summed E-state index contributed by atoms with van der Waals surface area (Å²) in [6.45, 7) is 1.81. The van der Waals surface area contributed by atoms with E-state index in [0.29, 0.717) is 22.6 Å². The second-order valence-corrected chi connectivity index (χ2v) is 8.68. The molecule has 1 fully saturated rings. The molecule has 1 aliphatic rings. The predicted octanol–water partition coefficient (Wildman–Crippen LogP) is 4.50. The van der Waals surface area contributed by atoms with Crippen LogP contribution in [-0.4, -0.2) is 45.4 Å². The van der Waals surface area contributed by atoms with E-state index >= 15 is 0 Å². The van der Waals surface area contributed by atoms with E-state index in [1.807, 2.05) is 0 Å². The summed E-state index contributed by atoms with van der Waals surface area (Å²) in [4.78, 5) is 23.7. The number of nitrogens with one attached hydrogen (secondary N) is 1. The number of nitro benzene ring substituents is 1. The lowest BCUT2D eigenvalue weighted by molar-refractivity contribution is -0.384. The molecule has 14 heteroatoms. The number of nitriles is 1. The fraction of sp³-hybridized carbons (Fsp3) is 0.269. The first kappa shape index (κ1) is 29.7. The van der Waals surface area contributed by atoms with Crippen molar-refractivity contribution >= 4 is 17.5 Å². The van der Waals surface area contributed by atoms with Crippen molar-refractivity contribution in [1.29, 1.82) is 5.26 Å². The molecule has 5 N–H and O–H groups in total. The van der Waals surface area contributed by atoms with Crippen LogP contribution >= 0.6 is 0 Å². The van der Waals surface area contributed by atoms with E-state index in [2.05, 4.69) is 16.4 Å². The number of rotatable bonds is 6. The van der Waals surface area contributed by atoms with Crippen molar-refractivity contribution in [2.24, 2.45) is 0 Å². The highest BCUT2D eigenvalue weighted by Gasteiger charge is 2.38. The molecular weight excluding hydrogens is 535 g/mol. The third kappa shape index (κ3) is 7.35. The molecule has 210 valence electrons. The largest absolute Gasteiger partial charge is 0.507 e. The van der Waals surface area contributed by atoms with Gasteiger partial charge >= 0.3 is 12.1 Å². The summed E-state index contributed by atoms with van der Waals surface area (Å²) in [6, 6.07) is 14.9. The highest BCUT2D eigenvalue weighted by Crippen LogP contribution is 2.40. The molecule has 0 aliphatic carbocycles. The number of alkyl halides is 3. The minimum absolute atomic E-state index is 0.00113. The van der Waals surface area contributed by atoms with E-state index < -0.39 is 17.1 Å². The zero-order valence-corrected chi connectivity index (χ0v) is 20.8. The molecule has 3 aromatic rings. The number of nitro groups is 1. The van der Waals surface area contributed by atoms with Gasteiger partial charge in [0, 0.05) is 18.7 Å². The molecule has 1 unspecified atom stereocenters. The number of phenolic OH excluding ortho intramolecular Hbond substituents is 1. The number of ether oxygens (including phenoxy) is 1. The summed E-state index contributed by atoms with van der Waals surface area (Å²) in [5, 5.41) is 41.6. The Labute approximate surface area is 225 Å². The van der Waals surface area contributed by atoms with Crippen LogP contribution in [0.1, 0.15) is 35.4 Å². The fourth-order valence-electron chi connectivity index (χ4n) is 4.05. The monoisotopic (exact) mass is 559 g/mol. The highest BCUT2D eigenvalue weighted by atomic mass is 19.4. The number of aliphatic carboxylic acids is 1. The Balaban J connectivity index is 0.000000559. The SMILES string of the molecule is N#Cc1c(C2CCCNC2)cc(-c2c(O)cccc2OCc2ccc([N+](=O)[O-])cc2)nc1N.O=C(O)C(F)(F)F. The zero-order chi connectivity index (χ0) is 29.4. The Kier molecular flexibility index (Phi) is 9.46. The molecule has 1 aromatic heterocycles. The summed E-state index contributed by atoms with van der Waals surface area (Å²) >= 11 is 0. The van der Waals surface area contributed by atoms with Crippen LogP contribution in [0.3, 0.4) is 0 Å². The van der Waals surface area contributed by atoms with Gasteiger partial charge in [-0.1, -0.05) is 6.07 Å². The summed E-state index contributed by atoms with van der Waals surface area (Å²) < 4.78 is 37.7. The molecule has 4 rings (SSSR count). The van der Waals surface area contributed by atoms with Crippen LogP contribution in [0.2, 0.25) is 0 Å². The van der Waals surface area contributed by atoms with Crippen molar-refractivity contribution in [2.75, 3.05) is 18.8 Å². The lowest BCUT2D eigenvalue weighted by atomic mass is 9.88. The minimum Gasteiger partial charge on any atom is -0.507 e. The normalized spacial score (nSPS) is 14.8. The van der Waals surface area contributed by atoms with E-state index in [1.54, 1.807) is 30.3 Å². The summed E-state index contributed by atoms with van der Waals surface area (Å²) in [5.74, 6) is -2.17. The Morgan fingerprint density at radius 3 is 2.50 bits per heavy atom. The Bertz CT molecular complexity index is 1420. The number of non-ortho nitro benzene ring substituents is 1.